The summed E-state index contributed by atoms with van der Waals surface area (Å²) in [4.78, 5) is 2.50. The van der Waals surface area contributed by atoms with Gasteiger partial charge >= 0.3 is 0 Å². The van der Waals surface area contributed by atoms with Gasteiger partial charge in [-0.3, -0.25) is 0 Å². The van der Waals surface area contributed by atoms with E-state index in [1.807, 2.05) is 12.1 Å². The Morgan fingerprint density at radius 2 is 2.05 bits per heavy atom. The molecule has 1 aromatic carbocycles. The molecule has 0 radical (unpaired) electrons. The molecule has 1 unspecified atom stereocenters. The fourth-order valence-electron chi connectivity index (χ4n) is 3.70. The zero-order chi connectivity index (χ0) is 14.2. The minimum Gasteiger partial charge on any atom is -0.364 e. The van der Waals surface area contributed by atoms with Crippen molar-refractivity contribution < 1.29 is 0 Å². The molecule has 1 heterocycles. The highest BCUT2D eigenvalue weighted by molar-refractivity contribution is 6.36. The second-order valence-electron chi connectivity index (χ2n) is 6.15. The minimum absolute atomic E-state index is 0.300. The number of anilines is 1. The third-order valence-electron chi connectivity index (χ3n) is 4.88. The van der Waals surface area contributed by atoms with Gasteiger partial charge in [0, 0.05) is 29.7 Å². The summed E-state index contributed by atoms with van der Waals surface area (Å²) in [5.74, 6) is 0. The van der Waals surface area contributed by atoms with Crippen LogP contribution in [0.3, 0.4) is 0 Å². The van der Waals surface area contributed by atoms with E-state index in [0.717, 1.165) is 30.2 Å². The van der Waals surface area contributed by atoms with Crippen molar-refractivity contribution in [2.45, 2.75) is 50.6 Å². The van der Waals surface area contributed by atoms with E-state index in [0.29, 0.717) is 16.6 Å². The Labute approximate surface area is 131 Å². The van der Waals surface area contributed by atoms with Crippen LogP contribution in [0.15, 0.2) is 18.2 Å². The van der Waals surface area contributed by atoms with Gasteiger partial charge in [-0.25, -0.2) is 0 Å². The number of rotatable bonds is 2. The maximum Gasteiger partial charge on any atom is 0.0654 e. The molecule has 1 N–H and O–H groups in total. The standard InChI is InChI=1S/C16H22Cl2N2/c1-2-13-10-19-16(7-3-4-8-16)11-20(13)15-6-5-12(17)9-14(15)18/h5-6,9,13,19H,2-4,7-8,10-11H2,1H3. The smallest absolute Gasteiger partial charge is 0.0654 e. The number of nitrogens with one attached hydrogen (secondary N) is 1. The first-order valence-electron chi connectivity index (χ1n) is 7.60. The number of hydrogen-bond acceptors (Lipinski definition) is 2. The predicted octanol–water partition coefficient (Wildman–Crippen LogP) is 4.49. The van der Waals surface area contributed by atoms with Gasteiger partial charge in [-0.2, -0.15) is 0 Å². The van der Waals surface area contributed by atoms with E-state index in [2.05, 4.69) is 23.2 Å². The Hall–Kier alpha value is -0.440. The molecule has 4 heteroatoms. The van der Waals surface area contributed by atoms with Gasteiger partial charge in [0.05, 0.1) is 10.7 Å². The molecule has 1 saturated carbocycles. The number of nitrogens with zero attached hydrogens (tertiary/aromatic N) is 1. The van der Waals surface area contributed by atoms with E-state index in [-0.39, 0.29) is 0 Å². The largest absolute Gasteiger partial charge is 0.364 e. The highest BCUT2D eigenvalue weighted by Crippen LogP contribution is 2.38. The van der Waals surface area contributed by atoms with Crippen molar-refractivity contribution in [2.24, 2.45) is 0 Å². The first kappa shape index (κ1) is 14.5. The van der Waals surface area contributed by atoms with Crippen molar-refractivity contribution >= 4 is 28.9 Å². The topological polar surface area (TPSA) is 15.3 Å². The number of piperazine rings is 1. The molecular weight excluding hydrogens is 291 g/mol. The van der Waals surface area contributed by atoms with E-state index < -0.39 is 0 Å². The van der Waals surface area contributed by atoms with Gasteiger partial charge in [0.15, 0.2) is 0 Å². The maximum absolute atomic E-state index is 6.43. The van der Waals surface area contributed by atoms with Gasteiger partial charge in [0.25, 0.3) is 0 Å². The lowest BCUT2D eigenvalue weighted by Crippen LogP contribution is -2.63. The average molecular weight is 313 g/mol. The van der Waals surface area contributed by atoms with E-state index >= 15 is 0 Å². The third-order valence-corrected chi connectivity index (χ3v) is 5.42. The van der Waals surface area contributed by atoms with Gasteiger partial charge < -0.3 is 10.2 Å². The van der Waals surface area contributed by atoms with Crippen LogP contribution in [-0.2, 0) is 0 Å². The molecule has 2 nitrogen and oxygen atoms in total. The molecule has 0 aromatic heterocycles. The van der Waals surface area contributed by atoms with Crippen LogP contribution in [0.1, 0.15) is 39.0 Å². The Kier molecular flexibility index (Phi) is 4.16. The van der Waals surface area contributed by atoms with E-state index in [9.17, 15) is 0 Å². The Morgan fingerprint density at radius 3 is 2.70 bits per heavy atom. The number of hydrogen-bond donors (Lipinski definition) is 1. The Bertz CT molecular complexity index is 483. The molecule has 1 atom stereocenters. The summed E-state index contributed by atoms with van der Waals surface area (Å²) < 4.78 is 0. The highest BCUT2D eigenvalue weighted by atomic mass is 35.5. The van der Waals surface area contributed by atoms with Crippen molar-refractivity contribution in [3.63, 3.8) is 0 Å². The van der Waals surface area contributed by atoms with Gasteiger partial charge in [0.1, 0.15) is 0 Å². The van der Waals surface area contributed by atoms with Crippen LogP contribution in [0.5, 0.6) is 0 Å². The lowest BCUT2D eigenvalue weighted by Gasteiger charge is -2.47. The second-order valence-corrected chi connectivity index (χ2v) is 7.00. The molecule has 3 rings (SSSR count). The van der Waals surface area contributed by atoms with Gasteiger partial charge in [-0.15, -0.1) is 0 Å². The van der Waals surface area contributed by atoms with Crippen molar-refractivity contribution in [3.05, 3.63) is 28.2 Å². The molecule has 1 saturated heterocycles. The van der Waals surface area contributed by atoms with Crippen molar-refractivity contribution in [1.82, 2.24) is 5.32 Å². The third kappa shape index (κ3) is 2.66. The Morgan fingerprint density at radius 1 is 1.30 bits per heavy atom. The molecule has 110 valence electrons. The molecule has 1 spiro atoms. The van der Waals surface area contributed by atoms with Crippen molar-refractivity contribution in [2.75, 3.05) is 18.0 Å². The molecule has 0 bridgehead atoms. The summed E-state index contributed by atoms with van der Waals surface area (Å²) in [5.41, 5.74) is 1.44. The molecule has 1 aromatic rings. The van der Waals surface area contributed by atoms with Crippen LogP contribution < -0.4 is 10.2 Å². The summed E-state index contributed by atoms with van der Waals surface area (Å²) in [6, 6.07) is 6.38. The van der Waals surface area contributed by atoms with Crippen molar-refractivity contribution in [1.29, 1.82) is 0 Å². The zero-order valence-corrected chi connectivity index (χ0v) is 13.5. The summed E-state index contributed by atoms with van der Waals surface area (Å²) in [6.07, 6.45) is 6.37. The van der Waals surface area contributed by atoms with Crippen LogP contribution in [0.25, 0.3) is 0 Å². The van der Waals surface area contributed by atoms with E-state index in [1.54, 1.807) is 0 Å². The molecule has 1 aliphatic heterocycles. The van der Waals surface area contributed by atoms with Crippen LogP contribution in [-0.4, -0.2) is 24.7 Å². The molecule has 1 aliphatic carbocycles. The van der Waals surface area contributed by atoms with Crippen LogP contribution in [0.2, 0.25) is 10.0 Å². The fourth-order valence-corrected chi connectivity index (χ4v) is 4.22. The molecule has 2 fully saturated rings. The summed E-state index contributed by atoms with van der Waals surface area (Å²) in [7, 11) is 0. The van der Waals surface area contributed by atoms with E-state index in [4.69, 9.17) is 23.2 Å². The van der Waals surface area contributed by atoms with Gasteiger partial charge in [-0.05, 0) is 37.5 Å². The van der Waals surface area contributed by atoms with Crippen LogP contribution >= 0.6 is 23.2 Å². The first-order valence-corrected chi connectivity index (χ1v) is 8.36. The summed E-state index contributed by atoms with van der Waals surface area (Å²) in [6.45, 7) is 4.36. The molecule has 0 amide bonds. The molecular formula is C16H22Cl2N2. The number of benzene rings is 1. The summed E-state index contributed by atoms with van der Waals surface area (Å²) in [5, 5.41) is 5.29. The lowest BCUT2D eigenvalue weighted by atomic mass is 9.91. The first-order chi connectivity index (χ1) is 9.63. The van der Waals surface area contributed by atoms with E-state index in [1.165, 1.54) is 25.7 Å². The van der Waals surface area contributed by atoms with Crippen LogP contribution in [0.4, 0.5) is 5.69 Å². The lowest BCUT2D eigenvalue weighted by molar-refractivity contribution is 0.267. The van der Waals surface area contributed by atoms with Crippen molar-refractivity contribution in [3.8, 4) is 0 Å². The van der Waals surface area contributed by atoms with Gasteiger partial charge in [0.2, 0.25) is 0 Å². The minimum atomic E-state index is 0.300. The normalized spacial score (nSPS) is 25.4. The average Bonchev–Trinajstić information content (AvgIpc) is 2.87. The highest BCUT2D eigenvalue weighted by Gasteiger charge is 2.41. The predicted molar refractivity (Wildman–Crippen MR) is 87.1 cm³/mol. The second kappa shape index (κ2) is 5.75. The molecule has 2 aliphatic rings. The quantitative estimate of drug-likeness (QED) is 0.865. The maximum atomic E-state index is 6.43. The van der Waals surface area contributed by atoms with Crippen LogP contribution in [0, 0.1) is 0 Å². The fraction of sp³-hybridized carbons (Fsp3) is 0.625. The summed E-state index contributed by atoms with van der Waals surface area (Å²) >= 11 is 12.5. The SMILES string of the molecule is CCC1CNC2(CCCC2)CN1c1ccc(Cl)cc1Cl. The zero-order valence-electron chi connectivity index (χ0n) is 12.0. The van der Waals surface area contributed by atoms with Gasteiger partial charge in [-0.1, -0.05) is 43.0 Å². The Balaban J connectivity index is 1.90. The molecule has 20 heavy (non-hydrogen) atoms. The monoisotopic (exact) mass is 312 g/mol. The number of halogens is 2.